The normalized spacial score (nSPS) is 16.6. The molecule has 1 fully saturated rings. The standard InChI is InChI=1S/C22H28FN3O5/c1-6-25-11-15(20(28)29)19(27)14-9-16(23)18(12(2)17(14)25)26-8-7-13(10-26)24-21(30)31-22(3,4)5/h9,11,13H,6-8,10H2,1-5H3,(H,24,30)(H,28,29). The maximum Gasteiger partial charge on any atom is 0.407 e. The minimum absolute atomic E-state index is 0.0446. The Morgan fingerprint density at radius 3 is 2.61 bits per heavy atom. The number of hydrogen-bond acceptors (Lipinski definition) is 5. The van der Waals surface area contributed by atoms with Crippen LogP contribution in [0.2, 0.25) is 0 Å². The van der Waals surface area contributed by atoms with Crippen molar-refractivity contribution in [3.05, 3.63) is 39.4 Å². The van der Waals surface area contributed by atoms with Gasteiger partial charge in [0.2, 0.25) is 5.43 Å². The number of halogens is 1. The molecule has 1 aromatic heterocycles. The van der Waals surface area contributed by atoms with Crippen LogP contribution >= 0.6 is 0 Å². The number of carbonyl (C=O) groups excluding carboxylic acids is 1. The third-order valence-corrected chi connectivity index (χ3v) is 5.32. The maximum atomic E-state index is 15.1. The van der Waals surface area contributed by atoms with E-state index >= 15 is 4.39 Å². The first kappa shape index (κ1) is 22.6. The lowest BCUT2D eigenvalue weighted by molar-refractivity contribution is 0.0508. The zero-order chi connectivity index (χ0) is 23.1. The molecule has 168 valence electrons. The first-order valence-electron chi connectivity index (χ1n) is 10.3. The quantitative estimate of drug-likeness (QED) is 0.768. The number of rotatable bonds is 4. The predicted octanol–water partition coefficient (Wildman–Crippen LogP) is 3.27. The van der Waals surface area contributed by atoms with Crippen molar-refractivity contribution in [2.75, 3.05) is 18.0 Å². The van der Waals surface area contributed by atoms with Gasteiger partial charge in [-0.15, -0.1) is 0 Å². The lowest BCUT2D eigenvalue weighted by atomic mass is 10.0. The van der Waals surface area contributed by atoms with E-state index in [0.29, 0.717) is 42.8 Å². The first-order valence-corrected chi connectivity index (χ1v) is 10.3. The second-order valence-corrected chi connectivity index (χ2v) is 8.77. The van der Waals surface area contributed by atoms with Crippen LogP contribution in [-0.2, 0) is 11.3 Å². The zero-order valence-electron chi connectivity index (χ0n) is 18.4. The molecular weight excluding hydrogens is 405 g/mol. The Labute approximate surface area is 179 Å². The van der Waals surface area contributed by atoms with Gasteiger partial charge in [0, 0.05) is 31.2 Å². The molecule has 1 amide bonds. The highest BCUT2D eigenvalue weighted by molar-refractivity contribution is 5.95. The SMILES string of the molecule is CCn1cc(C(=O)O)c(=O)c2cc(F)c(N3CCC(NC(=O)OC(C)(C)C)C3)c(C)c21. The predicted molar refractivity (Wildman–Crippen MR) is 116 cm³/mol. The fourth-order valence-corrected chi connectivity index (χ4v) is 4.07. The number of hydrogen-bond donors (Lipinski definition) is 2. The Hall–Kier alpha value is -3.10. The number of fused-ring (bicyclic) bond motifs is 1. The molecule has 0 bridgehead atoms. The number of carboxylic acids is 1. The Morgan fingerprint density at radius 1 is 1.35 bits per heavy atom. The van der Waals surface area contributed by atoms with Gasteiger partial charge in [0.15, 0.2) is 0 Å². The third-order valence-electron chi connectivity index (χ3n) is 5.32. The summed E-state index contributed by atoms with van der Waals surface area (Å²) in [5, 5.41) is 12.2. The Kier molecular flexibility index (Phi) is 5.98. The number of anilines is 1. The molecule has 1 unspecified atom stereocenters. The number of ether oxygens (including phenoxy) is 1. The molecule has 8 nitrogen and oxygen atoms in total. The van der Waals surface area contributed by atoms with Gasteiger partial charge in [-0.25, -0.2) is 14.0 Å². The Morgan fingerprint density at radius 2 is 2.03 bits per heavy atom. The van der Waals surface area contributed by atoms with E-state index in [1.54, 1.807) is 32.3 Å². The first-order chi connectivity index (χ1) is 14.4. The van der Waals surface area contributed by atoms with Crippen molar-refractivity contribution in [2.45, 2.75) is 59.2 Å². The van der Waals surface area contributed by atoms with Crippen LogP contribution in [-0.4, -0.2) is 46.5 Å². The molecule has 3 rings (SSSR count). The fraction of sp³-hybridized carbons (Fsp3) is 0.500. The van der Waals surface area contributed by atoms with E-state index in [9.17, 15) is 19.5 Å². The summed E-state index contributed by atoms with van der Waals surface area (Å²) < 4.78 is 22.1. The monoisotopic (exact) mass is 433 g/mol. The summed E-state index contributed by atoms with van der Waals surface area (Å²) in [6.45, 7) is 10.2. The molecule has 1 atom stereocenters. The van der Waals surface area contributed by atoms with E-state index in [1.807, 2.05) is 11.8 Å². The van der Waals surface area contributed by atoms with Crippen LogP contribution in [0.4, 0.5) is 14.9 Å². The maximum absolute atomic E-state index is 15.1. The van der Waals surface area contributed by atoms with Crippen molar-refractivity contribution in [1.82, 2.24) is 9.88 Å². The van der Waals surface area contributed by atoms with Gasteiger partial charge in [-0.2, -0.15) is 0 Å². The molecule has 2 heterocycles. The number of nitrogens with one attached hydrogen (secondary N) is 1. The number of nitrogens with zero attached hydrogens (tertiary/aromatic N) is 2. The number of alkyl carbamates (subject to hydrolysis) is 1. The second kappa shape index (κ2) is 8.20. The van der Waals surface area contributed by atoms with Gasteiger partial charge >= 0.3 is 12.1 Å². The van der Waals surface area contributed by atoms with Crippen LogP contribution in [0.25, 0.3) is 10.9 Å². The van der Waals surface area contributed by atoms with Crippen LogP contribution in [0.5, 0.6) is 0 Å². The van der Waals surface area contributed by atoms with Gasteiger partial charge in [-0.1, -0.05) is 0 Å². The highest BCUT2D eigenvalue weighted by atomic mass is 19.1. The number of amides is 1. The van der Waals surface area contributed by atoms with Crippen LogP contribution < -0.4 is 15.6 Å². The van der Waals surface area contributed by atoms with Gasteiger partial charge < -0.3 is 24.6 Å². The van der Waals surface area contributed by atoms with E-state index in [1.165, 1.54) is 6.20 Å². The van der Waals surface area contributed by atoms with Crippen LogP contribution in [0.1, 0.15) is 50.0 Å². The summed E-state index contributed by atoms with van der Waals surface area (Å²) in [6.07, 6.45) is 1.41. The molecule has 0 aliphatic carbocycles. The second-order valence-electron chi connectivity index (χ2n) is 8.77. The number of aryl methyl sites for hydroxylation is 2. The minimum Gasteiger partial charge on any atom is -0.477 e. The van der Waals surface area contributed by atoms with Crippen molar-refractivity contribution in [1.29, 1.82) is 0 Å². The minimum atomic E-state index is -1.34. The molecule has 2 N–H and O–H groups in total. The van der Waals surface area contributed by atoms with Crippen LogP contribution in [0.15, 0.2) is 17.1 Å². The van der Waals surface area contributed by atoms with Crippen LogP contribution in [0, 0.1) is 12.7 Å². The van der Waals surface area contributed by atoms with Gasteiger partial charge in [0.1, 0.15) is 17.0 Å². The lowest BCUT2D eigenvalue weighted by Gasteiger charge is -2.25. The van der Waals surface area contributed by atoms with E-state index in [0.717, 1.165) is 6.07 Å². The average molecular weight is 433 g/mol. The fourth-order valence-electron chi connectivity index (χ4n) is 4.07. The summed E-state index contributed by atoms with van der Waals surface area (Å²) in [7, 11) is 0. The van der Waals surface area contributed by atoms with E-state index in [-0.39, 0.29) is 17.0 Å². The number of aromatic nitrogens is 1. The zero-order valence-corrected chi connectivity index (χ0v) is 18.4. The smallest absolute Gasteiger partial charge is 0.407 e. The third kappa shape index (κ3) is 4.50. The summed E-state index contributed by atoms with van der Waals surface area (Å²) >= 11 is 0. The van der Waals surface area contributed by atoms with Crippen molar-refractivity contribution in [3.63, 3.8) is 0 Å². The average Bonchev–Trinajstić information content (AvgIpc) is 3.08. The van der Waals surface area contributed by atoms with Crippen molar-refractivity contribution in [2.24, 2.45) is 0 Å². The molecule has 0 radical (unpaired) electrons. The van der Waals surface area contributed by atoms with Crippen LogP contribution in [0.3, 0.4) is 0 Å². The summed E-state index contributed by atoms with van der Waals surface area (Å²) in [4.78, 5) is 38.0. The van der Waals surface area contributed by atoms with Gasteiger partial charge in [-0.3, -0.25) is 4.79 Å². The topological polar surface area (TPSA) is 101 Å². The molecule has 1 saturated heterocycles. The van der Waals surface area contributed by atoms with E-state index < -0.39 is 28.9 Å². The number of aromatic carboxylic acids is 1. The number of pyridine rings is 1. The molecule has 31 heavy (non-hydrogen) atoms. The summed E-state index contributed by atoms with van der Waals surface area (Å²) in [5.74, 6) is -1.93. The molecule has 1 aliphatic rings. The van der Waals surface area contributed by atoms with Crippen molar-refractivity contribution >= 4 is 28.7 Å². The molecule has 2 aromatic rings. The summed E-state index contributed by atoms with van der Waals surface area (Å²) in [6, 6.07) is 0.917. The number of carbonyl (C=O) groups is 2. The van der Waals surface area contributed by atoms with Crippen molar-refractivity contribution in [3.8, 4) is 0 Å². The molecule has 1 aliphatic heterocycles. The highest BCUT2D eigenvalue weighted by Gasteiger charge is 2.30. The lowest BCUT2D eigenvalue weighted by Crippen LogP contribution is -2.40. The molecule has 1 aromatic carbocycles. The van der Waals surface area contributed by atoms with Gasteiger partial charge in [-0.05, 0) is 52.7 Å². The molecule has 0 spiro atoms. The number of benzene rings is 1. The Bertz CT molecular complexity index is 1100. The number of carboxylic acid groups (broad SMARTS) is 1. The van der Waals surface area contributed by atoms with E-state index in [4.69, 9.17) is 4.74 Å². The Balaban J connectivity index is 1.97. The highest BCUT2D eigenvalue weighted by Crippen LogP contribution is 2.33. The van der Waals surface area contributed by atoms with Crippen molar-refractivity contribution < 1.29 is 23.8 Å². The van der Waals surface area contributed by atoms with E-state index in [2.05, 4.69) is 5.32 Å². The summed E-state index contributed by atoms with van der Waals surface area (Å²) in [5.41, 5.74) is -0.274. The van der Waals surface area contributed by atoms with Gasteiger partial charge in [0.05, 0.1) is 17.2 Å². The van der Waals surface area contributed by atoms with Gasteiger partial charge in [0.25, 0.3) is 0 Å². The largest absolute Gasteiger partial charge is 0.477 e. The molecule has 9 heteroatoms. The molecular formula is C22H28FN3O5. The molecule has 0 saturated carbocycles.